The number of nitrogens with zero attached hydrogens (tertiary/aromatic N) is 4. The first kappa shape index (κ1) is 11.2. The molecule has 1 N–H and O–H groups in total. The average molecular weight is 223 g/mol. The normalized spacial score (nSPS) is 23.6. The van der Waals surface area contributed by atoms with Crippen molar-refractivity contribution in [3.8, 4) is 0 Å². The fourth-order valence-electron chi connectivity index (χ4n) is 1.99. The van der Waals surface area contributed by atoms with E-state index >= 15 is 0 Å². The zero-order valence-electron chi connectivity index (χ0n) is 10.6. The molecule has 0 spiro atoms. The molecule has 1 saturated heterocycles. The third-order valence-corrected chi connectivity index (χ3v) is 2.81. The summed E-state index contributed by atoms with van der Waals surface area (Å²) in [5.74, 6) is 1.86. The fraction of sp³-hybridized carbons (Fsp3) is 0.818. The Bertz CT molecular complexity index is 323. The molecule has 0 amide bonds. The first-order chi connectivity index (χ1) is 7.48. The van der Waals surface area contributed by atoms with E-state index < -0.39 is 0 Å². The zero-order chi connectivity index (χ0) is 11.8. The van der Waals surface area contributed by atoms with E-state index in [0.717, 1.165) is 25.0 Å². The lowest BCUT2D eigenvalue weighted by atomic mass is 10.2. The summed E-state index contributed by atoms with van der Waals surface area (Å²) in [6, 6.07) is 0. The standard InChI is InChI=1S/C11H21N5/c1-11(2)13-9(15(3)4)12-10(14-11)16-7-5-6-8-16/h5-8H2,1-4H3,(H,12,13,14). The monoisotopic (exact) mass is 223 g/mol. The molecule has 5 nitrogen and oxygen atoms in total. The van der Waals surface area contributed by atoms with Crippen LogP contribution in [0.25, 0.3) is 0 Å². The molecule has 90 valence electrons. The lowest BCUT2D eigenvalue weighted by Crippen LogP contribution is -2.52. The van der Waals surface area contributed by atoms with Gasteiger partial charge in [-0.1, -0.05) is 0 Å². The molecular formula is C11H21N5. The van der Waals surface area contributed by atoms with Crippen LogP contribution in [0.4, 0.5) is 0 Å². The maximum absolute atomic E-state index is 4.65. The van der Waals surface area contributed by atoms with Gasteiger partial charge in [0.15, 0.2) is 5.66 Å². The lowest BCUT2D eigenvalue weighted by Gasteiger charge is -2.32. The van der Waals surface area contributed by atoms with Crippen molar-refractivity contribution in [2.24, 2.45) is 9.98 Å². The van der Waals surface area contributed by atoms with E-state index in [2.05, 4.69) is 20.2 Å². The highest BCUT2D eigenvalue weighted by Gasteiger charge is 2.27. The zero-order valence-corrected chi connectivity index (χ0v) is 10.6. The first-order valence-electron chi connectivity index (χ1n) is 5.87. The molecule has 0 aliphatic carbocycles. The van der Waals surface area contributed by atoms with Crippen molar-refractivity contribution in [3.63, 3.8) is 0 Å². The van der Waals surface area contributed by atoms with E-state index in [9.17, 15) is 0 Å². The quantitative estimate of drug-likeness (QED) is 0.657. The van der Waals surface area contributed by atoms with Gasteiger partial charge in [-0.05, 0) is 26.7 Å². The van der Waals surface area contributed by atoms with Gasteiger partial charge in [-0.2, -0.15) is 0 Å². The van der Waals surface area contributed by atoms with Crippen molar-refractivity contribution in [1.29, 1.82) is 0 Å². The van der Waals surface area contributed by atoms with Crippen LogP contribution < -0.4 is 5.32 Å². The highest BCUT2D eigenvalue weighted by atomic mass is 15.4. The number of hydrogen-bond donors (Lipinski definition) is 1. The van der Waals surface area contributed by atoms with E-state index in [1.807, 2.05) is 32.8 Å². The van der Waals surface area contributed by atoms with Crippen LogP contribution in [0.2, 0.25) is 0 Å². The molecule has 2 heterocycles. The molecule has 0 unspecified atom stereocenters. The van der Waals surface area contributed by atoms with Gasteiger partial charge in [0.1, 0.15) is 0 Å². The molecule has 0 aromatic heterocycles. The van der Waals surface area contributed by atoms with Crippen LogP contribution in [0.3, 0.4) is 0 Å². The lowest BCUT2D eigenvalue weighted by molar-refractivity contribution is 0.447. The maximum atomic E-state index is 4.65. The van der Waals surface area contributed by atoms with E-state index in [1.54, 1.807) is 0 Å². The van der Waals surface area contributed by atoms with Crippen LogP contribution in [0.5, 0.6) is 0 Å². The van der Waals surface area contributed by atoms with Crippen molar-refractivity contribution in [3.05, 3.63) is 0 Å². The Hall–Kier alpha value is -1.26. The molecule has 0 radical (unpaired) electrons. The smallest absolute Gasteiger partial charge is 0.203 e. The second kappa shape index (κ2) is 3.96. The Morgan fingerprint density at radius 1 is 1.19 bits per heavy atom. The summed E-state index contributed by atoms with van der Waals surface area (Å²) in [5, 5.41) is 3.30. The Balaban J connectivity index is 2.18. The van der Waals surface area contributed by atoms with E-state index in [4.69, 9.17) is 0 Å². The Labute approximate surface area is 97.2 Å². The van der Waals surface area contributed by atoms with Crippen molar-refractivity contribution in [2.45, 2.75) is 32.4 Å². The van der Waals surface area contributed by atoms with Crippen LogP contribution in [-0.4, -0.2) is 54.6 Å². The molecule has 0 saturated carbocycles. The number of nitrogens with one attached hydrogen (secondary N) is 1. The molecule has 0 atom stereocenters. The van der Waals surface area contributed by atoms with E-state index in [1.165, 1.54) is 12.8 Å². The van der Waals surface area contributed by atoms with E-state index in [-0.39, 0.29) is 5.66 Å². The number of likely N-dealkylation sites (tertiary alicyclic amines) is 1. The topological polar surface area (TPSA) is 43.2 Å². The Morgan fingerprint density at radius 3 is 2.38 bits per heavy atom. The molecule has 16 heavy (non-hydrogen) atoms. The summed E-state index contributed by atoms with van der Waals surface area (Å²) in [7, 11) is 3.99. The second-order valence-electron chi connectivity index (χ2n) is 5.08. The number of rotatable bonds is 0. The number of aliphatic imine (C=N–C) groups is 2. The van der Waals surface area contributed by atoms with Crippen molar-refractivity contribution in [2.75, 3.05) is 27.2 Å². The minimum Gasteiger partial charge on any atom is -0.349 e. The van der Waals surface area contributed by atoms with Crippen molar-refractivity contribution >= 4 is 11.9 Å². The summed E-state index contributed by atoms with van der Waals surface area (Å²) in [6.07, 6.45) is 2.52. The Kier molecular flexibility index (Phi) is 2.78. The third-order valence-electron chi connectivity index (χ3n) is 2.81. The minimum absolute atomic E-state index is 0.358. The summed E-state index contributed by atoms with van der Waals surface area (Å²) in [6.45, 7) is 6.27. The van der Waals surface area contributed by atoms with Gasteiger partial charge in [0, 0.05) is 27.2 Å². The minimum atomic E-state index is -0.358. The van der Waals surface area contributed by atoms with Crippen molar-refractivity contribution in [1.82, 2.24) is 15.1 Å². The van der Waals surface area contributed by atoms with Crippen LogP contribution in [0.1, 0.15) is 26.7 Å². The predicted octanol–water partition coefficient (Wildman–Crippen LogP) is 0.695. The first-order valence-corrected chi connectivity index (χ1v) is 5.87. The van der Waals surface area contributed by atoms with Crippen LogP contribution >= 0.6 is 0 Å². The molecule has 0 bridgehead atoms. The average Bonchev–Trinajstić information content (AvgIpc) is 2.67. The fourth-order valence-corrected chi connectivity index (χ4v) is 1.99. The number of hydrogen-bond acceptors (Lipinski definition) is 5. The van der Waals surface area contributed by atoms with Gasteiger partial charge in [0.05, 0.1) is 0 Å². The van der Waals surface area contributed by atoms with Gasteiger partial charge in [-0.3, -0.25) is 5.32 Å². The summed E-state index contributed by atoms with van der Waals surface area (Å²) < 4.78 is 0. The maximum Gasteiger partial charge on any atom is 0.203 e. The van der Waals surface area contributed by atoms with Crippen LogP contribution in [-0.2, 0) is 0 Å². The molecule has 2 aliphatic rings. The molecule has 2 aliphatic heterocycles. The molecule has 5 heteroatoms. The summed E-state index contributed by atoms with van der Waals surface area (Å²) >= 11 is 0. The van der Waals surface area contributed by atoms with Gasteiger partial charge in [-0.25, -0.2) is 9.98 Å². The largest absolute Gasteiger partial charge is 0.349 e. The van der Waals surface area contributed by atoms with Crippen LogP contribution in [0.15, 0.2) is 9.98 Å². The van der Waals surface area contributed by atoms with Gasteiger partial charge < -0.3 is 9.80 Å². The van der Waals surface area contributed by atoms with Crippen molar-refractivity contribution < 1.29 is 0 Å². The third kappa shape index (κ3) is 2.28. The molecule has 1 fully saturated rings. The highest BCUT2D eigenvalue weighted by molar-refractivity contribution is 6.00. The second-order valence-corrected chi connectivity index (χ2v) is 5.08. The molecule has 0 aromatic rings. The number of guanidine groups is 2. The Morgan fingerprint density at radius 2 is 1.81 bits per heavy atom. The van der Waals surface area contributed by atoms with Gasteiger partial charge in [0.25, 0.3) is 0 Å². The molecule has 0 aromatic carbocycles. The molecule has 2 rings (SSSR count). The highest BCUT2D eigenvalue weighted by Crippen LogP contribution is 2.17. The predicted molar refractivity (Wildman–Crippen MR) is 66.6 cm³/mol. The van der Waals surface area contributed by atoms with Gasteiger partial charge >= 0.3 is 0 Å². The summed E-state index contributed by atoms with van der Waals surface area (Å²) in [5.41, 5.74) is -0.358. The van der Waals surface area contributed by atoms with Gasteiger partial charge in [-0.15, -0.1) is 0 Å². The molecular weight excluding hydrogens is 202 g/mol. The van der Waals surface area contributed by atoms with E-state index in [0.29, 0.717) is 0 Å². The van der Waals surface area contributed by atoms with Crippen LogP contribution in [0, 0.1) is 0 Å². The van der Waals surface area contributed by atoms with Gasteiger partial charge in [0.2, 0.25) is 11.9 Å². The summed E-state index contributed by atoms with van der Waals surface area (Å²) in [4.78, 5) is 13.5. The SMILES string of the molecule is CN(C)C1=NC(C)(C)N=C(N2CCCC2)N1.